The van der Waals surface area contributed by atoms with Crippen LogP contribution in [0.1, 0.15) is 34.7 Å². The van der Waals surface area contributed by atoms with Gasteiger partial charge in [0, 0.05) is 18.9 Å². The summed E-state index contributed by atoms with van der Waals surface area (Å²) in [6.07, 6.45) is 3.61. The van der Waals surface area contributed by atoms with Crippen LogP contribution in [-0.4, -0.2) is 23.5 Å². The van der Waals surface area contributed by atoms with Crippen LogP contribution in [-0.2, 0) is 9.53 Å². The number of aliphatic hydroxyl groups excluding tert-OH is 1. The molecule has 1 unspecified atom stereocenters. The minimum Gasteiger partial charge on any atom is -0.512 e. The zero-order valence-corrected chi connectivity index (χ0v) is 11.0. The van der Waals surface area contributed by atoms with E-state index in [-0.39, 0.29) is 24.1 Å². The number of ketones is 1. The molecule has 4 heteroatoms. The van der Waals surface area contributed by atoms with Crippen molar-refractivity contribution in [2.45, 2.75) is 18.8 Å². The van der Waals surface area contributed by atoms with Crippen LogP contribution < -0.4 is 0 Å². The number of ether oxygens (including phenoxy) is 1. The number of carbonyl (C=O) groups excluding carboxylic acids is 2. The molecule has 2 rings (SSSR count). The standard InChI is InChI=1S/C16H16O4/c1-2-7-20-16(19)12-5-3-11(4-6-12)13-8-14(17)10-15(18)9-13/h2-6,10,13,17H,1,7-9H2. The van der Waals surface area contributed by atoms with E-state index in [1.165, 1.54) is 12.2 Å². The van der Waals surface area contributed by atoms with E-state index in [1.807, 2.05) is 0 Å². The summed E-state index contributed by atoms with van der Waals surface area (Å²) < 4.78 is 4.94. The molecule has 1 atom stereocenters. The quantitative estimate of drug-likeness (QED) is 0.676. The van der Waals surface area contributed by atoms with Crippen LogP contribution in [0, 0.1) is 0 Å². The summed E-state index contributed by atoms with van der Waals surface area (Å²) >= 11 is 0. The van der Waals surface area contributed by atoms with E-state index < -0.39 is 5.97 Å². The van der Waals surface area contributed by atoms with Crippen molar-refractivity contribution in [2.24, 2.45) is 0 Å². The molecule has 104 valence electrons. The van der Waals surface area contributed by atoms with E-state index in [1.54, 1.807) is 24.3 Å². The molecule has 0 aliphatic heterocycles. The Morgan fingerprint density at radius 3 is 2.65 bits per heavy atom. The normalized spacial score (nSPS) is 18.3. The zero-order chi connectivity index (χ0) is 14.5. The fraction of sp³-hybridized carbons (Fsp3) is 0.250. The molecule has 1 aromatic rings. The van der Waals surface area contributed by atoms with E-state index >= 15 is 0 Å². The fourth-order valence-corrected chi connectivity index (χ4v) is 2.22. The van der Waals surface area contributed by atoms with Crippen molar-refractivity contribution in [3.05, 3.63) is 59.9 Å². The second kappa shape index (κ2) is 6.19. The number of aliphatic hydroxyl groups is 1. The first-order valence-electron chi connectivity index (χ1n) is 6.40. The Morgan fingerprint density at radius 2 is 2.05 bits per heavy atom. The second-order valence-corrected chi connectivity index (χ2v) is 4.72. The third kappa shape index (κ3) is 3.35. The van der Waals surface area contributed by atoms with E-state index in [2.05, 4.69) is 6.58 Å². The van der Waals surface area contributed by atoms with Gasteiger partial charge in [0.1, 0.15) is 6.61 Å². The van der Waals surface area contributed by atoms with Crippen LogP contribution >= 0.6 is 0 Å². The largest absolute Gasteiger partial charge is 0.512 e. The molecule has 0 saturated heterocycles. The number of allylic oxidation sites excluding steroid dienone is 2. The minimum atomic E-state index is -0.404. The van der Waals surface area contributed by atoms with Crippen molar-refractivity contribution in [2.75, 3.05) is 6.61 Å². The van der Waals surface area contributed by atoms with E-state index in [4.69, 9.17) is 4.74 Å². The summed E-state index contributed by atoms with van der Waals surface area (Å²) in [4.78, 5) is 23.1. The van der Waals surface area contributed by atoms with Crippen LogP contribution in [0.3, 0.4) is 0 Å². The SMILES string of the molecule is C=CCOC(=O)c1ccc(C2CC(=O)C=C(O)C2)cc1. The van der Waals surface area contributed by atoms with E-state index in [9.17, 15) is 14.7 Å². The molecule has 1 aliphatic rings. The minimum absolute atomic E-state index is 0.0363. The summed E-state index contributed by atoms with van der Waals surface area (Å²) in [7, 11) is 0. The molecule has 1 aliphatic carbocycles. The molecule has 0 amide bonds. The third-order valence-electron chi connectivity index (χ3n) is 3.18. The Morgan fingerprint density at radius 1 is 1.35 bits per heavy atom. The lowest BCUT2D eigenvalue weighted by molar-refractivity contribution is -0.115. The average Bonchev–Trinajstić information content (AvgIpc) is 2.44. The molecule has 4 nitrogen and oxygen atoms in total. The third-order valence-corrected chi connectivity index (χ3v) is 3.18. The topological polar surface area (TPSA) is 63.6 Å². The number of hydrogen-bond acceptors (Lipinski definition) is 4. The van der Waals surface area contributed by atoms with Crippen molar-refractivity contribution in [3.63, 3.8) is 0 Å². The lowest BCUT2D eigenvalue weighted by Crippen LogP contribution is -2.13. The monoisotopic (exact) mass is 272 g/mol. The van der Waals surface area contributed by atoms with Gasteiger partial charge in [-0.1, -0.05) is 24.8 Å². The van der Waals surface area contributed by atoms with E-state index in [0.29, 0.717) is 18.4 Å². The maximum Gasteiger partial charge on any atom is 0.338 e. The first-order valence-corrected chi connectivity index (χ1v) is 6.40. The maximum absolute atomic E-state index is 11.6. The van der Waals surface area contributed by atoms with Crippen molar-refractivity contribution in [3.8, 4) is 0 Å². The molecule has 1 aromatic carbocycles. The Labute approximate surface area is 117 Å². The van der Waals surface area contributed by atoms with Gasteiger partial charge in [-0.05, 0) is 23.6 Å². The summed E-state index contributed by atoms with van der Waals surface area (Å²) in [5, 5.41) is 9.51. The summed E-state index contributed by atoms with van der Waals surface area (Å²) in [6.45, 7) is 3.65. The molecule has 20 heavy (non-hydrogen) atoms. The Hall–Kier alpha value is -2.36. The van der Waals surface area contributed by atoms with Gasteiger partial charge in [0.05, 0.1) is 11.3 Å². The lowest BCUT2D eigenvalue weighted by atomic mass is 9.86. The predicted molar refractivity (Wildman–Crippen MR) is 74.6 cm³/mol. The maximum atomic E-state index is 11.6. The molecule has 0 aromatic heterocycles. The molecule has 0 heterocycles. The highest BCUT2D eigenvalue weighted by molar-refractivity contribution is 5.92. The van der Waals surface area contributed by atoms with Gasteiger partial charge in [0.25, 0.3) is 0 Å². The van der Waals surface area contributed by atoms with Crippen LogP contribution in [0.25, 0.3) is 0 Å². The molecule has 1 N–H and O–H groups in total. The Kier molecular flexibility index (Phi) is 4.35. The number of carbonyl (C=O) groups is 2. The van der Waals surface area contributed by atoms with E-state index in [0.717, 1.165) is 5.56 Å². The Bertz CT molecular complexity index is 554. The molecule has 0 fully saturated rings. The second-order valence-electron chi connectivity index (χ2n) is 4.72. The van der Waals surface area contributed by atoms with Gasteiger partial charge in [0.15, 0.2) is 5.78 Å². The molecular weight excluding hydrogens is 256 g/mol. The van der Waals surface area contributed by atoms with Crippen molar-refractivity contribution in [1.82, 2.24) is 0 Å². The van der Waals surface area contributed by atoms with Gasteiger partial charge in [-0.2, -0.15) is 0 Å². The smallest absolute Gasteiger partial charge is 0.338 e. The van der Waals surface area contributed by atoms with Crippen LogP contribution in [0.2, 0.25) is 0 Å². The number of hydrogen-bond donors (Lipinski definition) is 1. The molecular formula is C16H16O4. The highest BCUT2D eigenvalue weighted by Gasteiger charge is 2.22. The number of rotatable bonds is 4. The summed E-state index contributed by atoms with van der Waals surface area (Å²) in [5.41, 5.74) is 1.38. The van der Waals surface area contributed by atoms with Gasteiger partial charge < -0.3 is 9.84 Å². The van der Waals surface area contributed by atoms with Gasteiger partial charge in [-0.3, -0.25) is 4.79 Å². The lowest BCUT2D eigenvalue weighted by Gasteiger charge is -2.19. The Balaban J connectivity index is 2.08. The first-order chi connectivity index (χ1) is 9.60. The fourth-order valence-electron chi connectivity index (χ4n) is 2.22. The molecule has 0 saturated carbocycles. The molecule has 0 spiro atoms. The average molecular weight is 272 g/mol. The number of esters is 1. The molecule has 0 bridgehead atoms. The first kappa shape index (κ1) is 14.1. The molecule has 0 radical (unpaired) electrons. The number of benzene rings is 1. The van der Waals surface area contributed by atoms with Gasteiger partial charge in [-0.15, -0.1) is 0 Å². The van der Waals surface area contributed by atoms with Crippen LogP contribution in [0.15, 0.2) is 48.8 Å². The predicted octanol–water partition coefficient (Wildman–Crippen LogP) is 2.92. The van der Waals surface area contributed by atoms with Gasteiger partial charge >= 0.3 is 5.97 Å². The van der Waals surface area contributed by atoms with Gasteiger partial charge in [0.2, 0.25) is 0 Å². The highest BCUT2D eigenvalue weighted by Crippen LogP contribution is 2.30. The van der Waals surface area contributed by atoms with Crippen LogP contribution in [0.4, 0.5) is 0 Å². The summed E-state index contributed by atoms with van der Waals surface area (Å²) in [5.74, 6) is -0.404. The highest BCUT2D eigenvalue weighted by atomic mass is 16.5. The van der Waals surface area contributed by atoms with Crippen molar-refractivity contribution >= 4 is 11.8 Å². The van der Waals surface area contributed by atoms with Crippen molar-refractivity contribution < 1.29 is 19.4 Å². The summed E-state index contributed by atoms with van der Waals surface area (Å²) in [6, 6.07) is 6.92. The van der Waals surface area contributed by atoms with Crippen LogP contribution in [0.5, 0.6) is 0 Å². The van der Waals surface area contributed by atoms with Gasteiger partial charge in [-0.25, -0.2) is 4.79 Å². The van der Waals surface area contributed by atoms with Crippen molar-refractivity contribution in [1.29, 1.82) is 0 Å². The zero-order valence-electron chi connectivity index (χ0n) is 11.0.